The van der Waals surface area contributed by atoms with E-state index in [1.54, 1.807) is 24.9 Å². The van der Waals surface area contributed by atoms with Crippen LogP contribution < -0.4 is 21.6 Å². The van der Waals surface area contributed by atoms with E-state index in [1.807, 2.05) is 24.3 Å². The van der Waals surface area contributed by atoms with Crippen LogP contribution in [-0.2, 0) is 4.74 Å². The second-order valence-corrected chi connectivity index (χ2v) is 8.97. The molecular weight excluding hydrogens is 462 g/mol. The number of furan rings is 1. The number of aliphatic imine (C=N–C) groups is 1. The Morgan fingerprint density at radius 2 is 2.25 bits per heavy atom. The van der Waals surface area contributed by atoms with E-state index in [4.69, 9.17) is 24.6 Å². The summed E-state index contributed by atoms with van der Waals surface area (Å²) in [6.45, 7) is 3.26. The van der Waals surface area contributed by atoms with Crippen molar-refractivity contribution < 1.29 is 13.9 Å². The summed E-state index contributed by atoms with van der Waals surface area (Å²) >= 11 is 0. The molecule has 5 heterocycles. The van der Waals surface area contributed by atoms with Crippen LogP contribution in [0.5, 0.6) is 5.75 Å². The second kappa shape index (κ2) is 9.75. The fourth-order valence-corrected chi connectivity index (χ4v) is 4.97. The van der Waals surface area contributed by atoms with Crippen LogP contribution >= 0.6 is 0 Å². The Hall–Kier alpha value is -3.70. The number of hydrogen-bond acceptors (Lipinski definition) is 10. The zero-order valence-corrected chi connectivity index (χ0v) is 20.9. The Labute approximate surface area is 208 Å². The molecule has 190 valence electrons. The average molecular weight is 494 g/mol. The fourth-order valence-electron chi connectivity index (χ4n) is 4.97. The van der Waals surface area contributed by atoms with Gasteiger partial charge in [-0.2, -0.15) is 4.98 Å². The summed E-state index contributed by atoms with van der Waals surface area (Å²) in [5.41, 5.74) is 13.3. The summed E-state index contributed by atoms with van der Waals surface area (Å²) < 4.78 is 19.6. The Morgan fingerprint density at radius 1 is 1.42 bits per heavy atom. The van der Waals surface area contributed by atoms with Crippen LogP contribution in [0.15, 0.2) is 32.7 Å². The van der Waals surface area contributed by atoms with Crippen molar-refractivity contribution in [2.45, 2.75) is 38.3 Å². The van der Waals surface area contributed by atoms with Gasteiger partial charge in [-0.15, -0.1) is 0 Å². The molecule has 0 amide bonds. The van der Waals surface area contributed by atoms with E-state index in [2.05, 4.69) is 22.3 Å². The predicted molar refractivity (Wildman–Crippen MR) is 139 cm³/mol. The molecule has 0 unspecified atom stereocenters. The molecule has 0 radical (unpaired) electrons. The summed E-state index contributed by atoms with van der Waals surface area (Å²) in [5.74, 6) is 0.579. The summed E-state index contributed by atoms with van der Waals surface area (Å²) in [6.07, 6.45) is 7.24. The SMILES string of the molecule is CC[C@H]1C[C@@H](n2c(=O)nc(C(C=NC)=CN)c3oc4cc(OC)c(C5=CN(C)NC5)nc4c32)CCO1. The third-order valence-electron chi connectivity index (χ3n) is 6.75. The summed E-state index contributed by atoms with van der Waals surface area (Å²) in [6, 6.07) is 1.71. The number of pyridine rings is 1. The first-order chi connectivity index (χ1) is 17.5. The molecule has 3 N–H and O–H groups in total. The lowest BCUT2D eigenvalue weighted by molar-refractivity contribution is -0.00711. The number of hydrazine groups is 1. The van der Waals surface area contributed by atoms with Crippen molar-refractivity contribution in [3.8, 4) is 5.75 Å². The quantitative estimate of drug-likeness (QED) is 0.497. The third-order valence-corrected chi connectivity index (χ3v) is 6.75. The number of allylic oxidation sites excluding steroid dienone is 1. The number of rotatable bonds is 6. The minimum Gasteiger partial charge on any atom is -0.494 e. The summed E-state index contributed by atoms with van der Waals surface area (Å²) in [4.78, 5) is 27.1. The van der Waals surface area contributed by atoms with Crippen molar-refractivity contribution in [1.29, 1.82) is 0 Å². The summed E-state index contributed by atoms with van der Waals surface area (Å²) in [5, 5.41) is 1.88. The van der Waals surface area contributed by atoms with Gasteiger partial charge in [0.25, 0.3) is 0 Å². The molecule has 2 atom stereocenters. The number of methoxy groups -OCH3 is 1. The van der Waals surface area contributed by atoms with Gasteiger partial charge in [0.2, 0.25) is 0 Å². The van der Waals surface area contributed by atoms with Gasteiger partial charge in [0.1, 0.15) is 28.2 Å². The molecule has 0 bridgehead atoms. The van der Waals surface area contributed by atoms with Gasteiger partial charge in [-0.05, 0) is 19.3 Å². The van der Waals surface area contributed by atoms with Gasteiger partial charge in [0.15, 0.2) is 11.2 Å². The normalized spacial score (nSPS) is 21.2. The van der Waals surface area contributed by atoms with Crippen LogP contribution in [0.25, 0.3) is 33.3 Å². The summed E-state index contributed by atoms with van der Waals surface area (Å²) in [7, 11) is 5.16. The van der Waals surface area contributed by atoms with Gasteiger partial charge >= 0.3 is 5.69 Å². The second-order valence-electron chi connectivity index (χ2n) is 8.97. The Balaban J connectivity index is 1.84. The molecule has 1 fully saturated rings. The number of nitrogens with two attached hydrogens (primary N) is 1. The molecule has 1 saturated heterocycles. The Morgan fingerprint density at radius 3 is 2.92 bits per heavy atom. The molecule has 5 rings (SSSR count). The first kappa shape index (κ1) is 24.0. The van der Waals surface area contributed by atoms with Crippen molar-refractivity contribution in [3.05, 3.63) is 40.3 Å². The van der Waals surface area contributed by atoms with Gasteiger partial charge in [-0.3, -0.25) is 9.56 Å². The maximum absolute atomic E-state index is 13.6. The number of hydrogen-bond donors (Lipinski definition) is 2. The van der Waals surface area contributed by atoms with E-state index < -0.39 is 0 Å². The average Bonchev–Trinajstić information content (AvgIpc) is 3.49. The van der Waals surface area contributed by atoms with Crippen LogP contribution in [-0.4, -0.2) is 66.2 Å². The van der Waals surface area contributed by atoms with Crippen LogP contribution in [0.4, 0.5) is 0 Å². The van der Waals surface area contributed by atoms with E-state index in [0.717, 1.165) is 12.0 Å². The Bertz CT molecular complexity index is 1450. The number of nitrogens with one attached hydrogen (secondary N) is 1. The predicted octanol–water partition coefficient (Wildman–Crippen LogP) is 2.47. The monoisotopic (exact) mass is 493 g/mol. The zero-order valence-electron chi connectivity index (χ0n) is 20.9. The lowest BCUT2D eigenvalue weighted by atomic mass is 10.0. The highest BCUT2D eigenvalue weighted by molar-refractivity contribution is 6.15. The first-order valence-corrected chi connectivity index (χ1v) is 12.1. The molecule has 3 aromatic heterocycles. The van der Waals surface area contributed by atoms with Crippen LogP contribution in [0.3, 0.4) is 0 Å². The number of nitrogens with zero attached hydrogens (tertiary/aromatic N) is 5. The number of aromatic nitrogens is 3. The topological polar surface area (TPSA) is 133 Å². The van der Waals surface area contributed by atoms with E-state index in [9.17, 15) is 4.79 Å². The standard InChI is InChI=1S/C25H31N7O4/c1-5-17-8-16(6-7-35-17)32-23-22-19(9-18(34-4)20(29-22)15-12-28-31(3)13-15)36-24(23)21(30-25(32)33)14(10-26)11-27-2/h9-11,13,16-17,28H,5-8,12,26H2,1-4H3/t16-,17-/m0/s1. The van der Waals surface area contributed by atoms with Crippen LogP contribution in [0, 0.1) is 0 Å². The van der Waals surface area contributed by atoms with Crippen molar-refractivity contribution in [3.63, 3.8) is 0 Å². The smallest absolute Gasteiger partial charge is 0.349 e. The minimum atomic E-state index is -0.383. The van der Waals surface area contributed by atoms with E-state index in [-0.39, 0.29) is 17.8 Å². The molecule has 0 aliphatic carbocycles. The molecule has 11 nitrogen and oxygen atoms in total. The molecule has 2 aliphatic heterocycles. The van der Waals surface area contributed by atoms with E-state index in [0.29, 0.717) is 70.9 Å². The highest BCUT2D eigenvalue weighted by Gasteiger charge is 2.30. The third kappa shape index (κ3) is 4.03. The van der Waals surface area contributed by atoms with Gasteiger partial charge in [0.05, 0.1) is 13.2 Å². The van der Waals surface area contributed by atoms with Crippen molar-refractivity contribution in [2.24, 2.45) is 10.7 Å². The lowest BCUT2D eigenvalue weighted by Gasteiger charge is -2.30. The first-order valence-electron chi connectivity index (χ1n) is 12.1. The molecule has 36 heavy (non-hydrogen) atoms. The fraction of sp³-hybridized carbons (Fsp3) is 0.440. The van der Waals surface area contributed by atoms with E-state index >= 15 is 0 Å². The highest BCUT2D eigenvalue weighted by atomic mass is 16.5. The molecule has 2 aliphatic rings. The molecule has 3 aromatic rings. The minimum absolute atomic E-state index is 0.0733. The van der Waals surface area contributed by atoms with Crippen LogP contribution in [0.2, 0.25) is 0 Å². The lowest BCUT2D eigenvalue weighted by Crippen LogP contribution is -2.34. The maximum atomic E-state index is 13.6. The van der Waals surface area contributed by atoms with Gasteiger partial charge in [-0.1, -0.05) is 6.92 Å². The van der Waals surface area contributed by atoms with Crippen LogP contribution in [0.1, 0.15) is 43.6 Å². The highest BCUT2D eigenvalue weighted by Crippen LogP contribution is 2.38. The Kier molecular flexibility index (Phi) is 6.50. The van der Waals surface area contributed by atoms with Crippen molar-refractivity contribution in [1.82, 2.24) is 25.0 Å². The van der Waals surface area contributed by atoms with Crippen molar-refractivity contribution >= 4 is 39.6 Å². The largest absolute Gasteiger partial charge is 0.494 e. The van der Waals surface area contributed by atoms with Gasteiger partial charge < -0.3 is 24.6 Å². The van der Waals surface area contributed by atoms with E-state index in [1.165, 1.54) is 6.20 Å². The number of ether oxygens (including phenoxy) is 2. The zero-order chi connectivity index (χ0) is 25.4. The molecule has 0 spiro atoms. The molecule has 0 aromatic carbocycles. The van der Waals surface area contributed by atoms with Gasteiger partial charge in [0, 0.05) is 69.1 Å². The number of fused-ring (bicyclic) bond motifs is 3. The van der Waals surface area contributed by atoms with Crippen molar-refractivity contribution in [2.75, 3.05) is 34.4 Å². The molecule has 0 saturated carbocycles. The maximum Gasteiger partial charge on any atom is 0.349 e. The van der Waals surface area contributed by atoms with Gasteiger partial charge in [-0.25, -0.2) is 15.2 Å². The molecular formula is C25H31N7O4. The molecule has 11 heteroatoms.